The van der Waals surface area contributed by atoms with Crippen molar-refractivity contribution >= 4 is 29.3 Å². The number of aromatic carboxylic acids is 1. The summed E-state index contributed by atoms with van der Waals surface area (Å²) in [6.07, 6.45) is 1.16. The third-order valence-electron chi connectivity index (χ3n) is 6.34. The Hall–Kier alpha value is -4.20. The highest BCUT2D eigenvalue weighted by atomic mass is 19.1. The minimum absolute atomic E-state index is 0.0161. The van der Waals surface area contributed by atoms with Gasteiger partial charge in [-0.1, -0.05) is 44.2 Å². The highest BCUT2D eigenvalue weighted by Crippen LogP contribution is 2.27. The van der Waals surface area contributed by atoms with Crippen LogP contribution in [0, 0.1) is 5.82 Å². The maximum Gasteiger partial charge on any atom is 0.335 e. The Morgan fingerprint density at radius 1 is 0.944 bits per heavy atom. The predicted octanol–water partition coefficient (Wildman–Crippen LogP) is 5.95. The number of benzene rings is 3. The molecule has 186 valence electrons. The zero-order valence-corrected chi connectivity index (χ0v) is 20.1. The topological polar surface area (TPSA) is 98.7 Å². The molecule has 1 aliphatic heterocycles. The fourth-order valence-corrected chi connectivity index (χ4v) is 4.25. The van der Waals surface area contributed by atoms with E-state index in [1.807, 2.05) is 24.3 Å². The summed E-state index contributed by atoms with van der Waals surface area (Å²) in [7, 11) is 0. The number of rotatable bonds is 6. The number of carboxylic acids is 1. The number of nitrogens with zero attached hydrogens (tertiary/aromatic N) is 1. The van der Waals surface area contributed by atoms with Crippen LogP contribution in [0.15, 0.2) is 66.7 Å². The molecule has 0 radical (unpaired) electrons. The Bertz CT molecular complexity index is 1270. The first kappa shape index (κ1) is 24.9. The van der Waals surface area contributed by atoms with Gasteiger partial charge in [-0.2, -0.15) is 0 Å². The summed E-state index contributed by atoms with van der Waals surface area (Å²) in [5, 5.41) is 14.5. The number of likely N-dealkylation sites (tertiary alicyclic amines) is 1. The molecule has 1 heterocycles. The number of hydrogen-bond acceptors (Lipinski definition) is 3. The third-order valence-corrected chi connectivity index (χ3v) is 6.34. The molecule has 3 aromatic rings. The molecule has 0 aliphatic carbocycles. The Morgan fingerprint density at radius 3 is 2.22 bits per heavy atom. The van der Waals surface area contributed by atoms with Gasteiger partial charge in [0.25, 0.3) is 0 Å². The van der Waals surface area contributed by atoms with E-state index < -0.39 is 23.7 Å². The molecule has 3 aromatic carbocycles. The van der Waals surface area contributed by atoms with Gasteiger partial charge in [0.2, 0.25) is 5.91 Å². The molecule has 4 rings (SSSR count). The molecule has 3 N–H and O–H groups in total. The van der Waals surface area contributed by atoms with E-state index in [9.17, 15) is 18.8 Å². The summed E-state index contributed by atoms with van der Waals surface area (Å²) >= 11 is 0. The van der Waals surface area contributed by atoms with Crippen LogP contribution in [0.1, 0.15) is 48.5 Å². The zero-order chi connectivity index (χ0) is 25.8. The van der Waals surface area contributed by atoms with Crippen molar-refractivity contribution < 1.29 is 23.9 Å². The second-order valence-corrected chi connectivity index (χ2v) is 9.12. The molecule has 1 saturated heterocycles. The average molecular weight is 490 g/mol. The first-order valence-corrected chi connectivity index (χ1v) is 11.8. The highest BCUT2D eigenvalue weighted by Gasteiger charge is 2.34. The van der Waals surface area contributed by atoms with Gasteiger partial charge in [-0.05, 0) is 71.8 Å². The lowest BCUT2D eigenvalue weighted by Gasteiger charge is -2.24. The Morgan fingerprint density at radius 2 is 1.61 bits per heavy atom. The van der Waals surface area contributed by atoms with Gasteiger partial charge in [0.1, 0.15) is 11.9 Å². The lowest BCUT2D eigenvalue weighted by molar-refractivity contribution is -0.119. The van der Waals surface area contributed by atoms with Crippen LogP contribution in [0.3, 0.4) is 0 Å². The summed E-state index contributed by atoms with van der Waals surface area (Å²) in [5.41, 5.74) is 3.16. The van der Waals surface area contributed by atoms with E-state index in [4.69, 9.17) is 5.11 Å². The molecule has 0 bridgehead atoms. The number of anilines is 2. The summed E-state index contributed by atoms with van der Waals surface area (Å²) < 4.78 is 14.8. The van der Waals surface area contributed by atoms with Crippen LogP contribution in [0.4, 0.5) is 20.6 Å². The molecule has 8 heteroatoms. The molecule has 36 heavy (non-hydrogen) atoms. The van der Waals surface area contributed by atoms with Crippen molar-refractivity contribution in [2.24, 2.45) is 0 Å². The molecule has 3 amide bonds. The fraction of sp³-hybridized carbons (Fsp3) is 0.250. The average Bonchev–Trinajstić information content (AvgIpc) is 3.36. The van der Waals surface area contributed by atoms with Gasteiger partial charge in [0, 0.05) is 12.2 Å². The van der Waals surface area contributed by atoms with E-state index in [0.29, 0.717) is 42.1 Å². The Kier molecular flexibility index (Phi) is 7.33. The van der Waals surface area contributed by atoms with Crippen LogP contribution >= 0.6 is 0 Å². The monoisotopic (exact) mass is 489 g/mol. The molecule has 1 atom stereocenters. The van der Waals surface area contributed by atoms with Crippen LogP contribution in [0.2, 0.25) is 0 Å². The third kappa shape index (κ3) is 5.54. The molecular weight excluding hydrogens is 461 g/mol. The molecular formula is C28H28FN3O4. The normalized spacial score (nSPS) is 15.1. The lowest BCUT2D eigenvalue weighted by atomic mass is 10.0. The van der Waals surface area contributed by atoms with Crippen molar-refractivity contribution in [1.29, 1.82) is 0 Å². The maximum absolute atomic E-state index is 14.8. The van der Waals surface area contributed by atoms with Gasteiger partial charge in [-0.25, -0.2) is 14.0 Å². The van der Waals surface area contributed by atoms with E-state index in [1.165, 1.54) is 29.2 Å². The summed E-state index contributed by atoms with van der Waals surface area (Å²) in [6.45, 7) is 4.62. The Labute approximate surface area is 208 Å². The van der Waals surface area contributed by atoms with Crippen molar-refractivity contribution in [2.75, 3.05) is 17.2 Å². The predicted molar refractivity (Wildman–Crippen MR) is 137 cm³/mol. The number of carbonyl (C=O) groups excluding carboxylic acids is 2. The smallest absolute Gasteiger partial charge is 0.335 e. The van der Waals surface area contributed by atoms with Crippen molar-refractivity contribution in [3.05, 3.63) is 83.7 Å². The number of halogens is 1. The molecule has 0 aromatic heterocycles. The molecule has 0 saturated carbocycles. The summed E-state index contributed by atoms with van der Waals surface area (Å²) in [6, 6.07) is 17.0. The largest absolute Gasteiger partial charge is 0.478 e. The van der Waals surface area contributed by atoms with Gasteiger partial charge in [-0.15, -0.1) is 0 Å². The summed E-state index contributed by atoms with van der Waals surface area (Å²) in [5.74, 6) is -1.73. The summed E-state index contributed by atoms with van der Waals surface area (Å²) in [4.78, 5) is 38.3. The van der Waals surface area contributed by atoms with Crippen molar-refractivity contribution in [3.8, 4) is 11.1 Å². The SMILES string of the molecule is CC(C)c1ccc(NC(=O)N2CCCC2C(=O)Nc2ccc(-c3ccc(C(=O)O)cc3)cc2F)cc1. The first-order valence-electron chi connectivity index (χ1n) is 11.8. The van der Waals surface area contributed by atoms with E-state index in [2.05, 4.69) is 24.5 Å². The molecule has 1 aliphatic rings. The van der Waals surface area contributed by atoms with Crippen LogP contribution < -0.4 is 10.6 Å². The quantitative estimate of drug-likeness (QED) is 0.398. The number of carbonyl (C=O) groups is 3. The van der Waals surface area contributed by atoms with Crippen LogP contribution in [-0.2, 0) is 4.79 Å². The second-order valence-electron chi connectivity index (χ2n) is 9.12. The van der Waals surface area contributed by atoms with Crippen LogP contribution in [0.25, 0.3) is 11.1 Å². The molecule has 1 unspecified atom stereocenters. The highest BCUT2D eigenvalue weighted by molar-refractivity contribution is 5.99. The number of amides is 3. The first-order chi connectivity index (χ1) is 17.2. The van der Waals surface area contributed by atoms with Crippen molar-refractivity contribution in [1.82, 2.24) is 4.90 Å². The zero-order valence-electron chi connectivity index (χ0n) is 20.1. The number of urea groups is 1. The molecule has 0 spiro atoms. The standard InChI is InChI=1S/C28H28FN3O4/c1-17(2)18-9-12-22(13-10-18)30-28(36)32-15-3-4-25(32)26(33)31-24-14-11-21(16-23(24)29)19-5-7-20(8-6-19)27(34)35/h5-14,16-17,25H,3-4,15H2,1-2H3,(H,30,36)(H,31,33)(H,34,35). The van der Waals surface area contributed by atoms with E-state index >= 15 is 0 Å². The fourth-order valence-electron chi connectivity index (χ4n) is 4.25. The van der Waals surface area contributed by atoms with Gasteiger partial charge in [0.15, 0.2) is 0 Å². The maximum atomic E-state index is 14.8. The number of hydrogen-bond donors (Lipinski definition) is 3. The second kappa shape index (κ2) is 10.6. The van der Waals surface area contributed by atoms with E-state index in [-0.39, 0.29) is 17.3 Å². The minimum Gasteiger partial charge on any atom is -0.478 e. The van der Waals surface area contributed by atoms with Gasteiger partial charge < -0.3 is 20.6 Å². The van der Waals surface area contributed by atoms with Gasteiger partial charge in [0.05, 0.1) is 11.3 Å². The van der Waals surface area contributed by atoms with Crippen LogP contribution in [0.5, 0.6) is 0 Å². The van der Waals surface area contributed by atoms with Gasteiger partial charge >= 0.3 is 12.0 Å². The Balaban J connectivity index is 1.41. The van der Waals surface area contributed by atoms with Crippen molar-refractivity contribution in [3.63, 3.8) is 0 Å². The molecule has 1 fully saturated rings. The lowest BCUT2D eigenvalue weighted by Crippen LogP contribution is -2.45. The molecule has 7 nitrogen and oxygen atoms in total. The van der Waals surface area contributed by atoms with E-state index in [0.717, 1.165) is 5.56 Å². The van der Waals surface area contributed by atoms with Crippen molar-refractivity contribution in [2.45, 2.75) is 38.6 Å². The number of carboxylic acid groups (broad SMARTS) is 1. The number of nitrogens with one attached hydrogen (secondary N) is 2. The van der Waals surface area contributed by atoms with Crippen LogP contribution in [-0.4, -0.2) is 40.5 Å². The minimum atomic E-state index is -1.04. The van der Waals surface area contributed by atoms with Gasteiger partial charge in [-0.3, -0.25) is 4.79 Å². The van der Waals surface area contributed by atoms with E-state index in [1.54, 1.807) is 18.2 Å².